The molecule has 0 aliphatic heterocycles. The number of nitrogens with two attached hydrogens (primary N) is 1. The van der Waals surface area contributed by atoms with Gasteiger partial charge >= 0.3 is 0 Å². The van der Waals surface area contributed by atoms with Crippen molar-refractivity contribution in [3.05, 3.63) is 29.8 Å². The maximum absolute atomic E-state index is 11.8. The van der Waals surface area contributed by atoms with E-state index in [1.54, 1.807) is 24.3 Å². The van der Waals surface area contributed by atoms with Gasteiger partial charge in [-0.3, -0.25) is 4.79 Å². The molecule has 0 spiro atoms. The highest BCUT2D eigenvalue weighted by atomic mass is 32.2. The molecule has 0 aliphatic rings. The molecule has 1 rings (SSSR count). The first kappa shape index (κ1) is 16.7. The van der Waals surface area contributed by atoms with Crippen molar-refractivity contribution in [3.8, 4) is 0 Å². The van der Waals surface area contributed by atoms with E-state index in [4.69, 9.17) is 5.73 Å². The number of rotatable bonds is 7. The molecule has 0 bridgehead atoms. The molecular weight excluding hydrogens is 276 g/mol. The van der Waals surface area contributed by atoms with Crippen LogP contribution >= 0.6 is 0 Å². The molecule has 3 N–H and O–H groups in total. The van der Waals surface area contributed by atoms with Crippen molar-refractivity contribution >= 4 is 21.4 Å². The Bertz CT molecular complexity index is 538. The third-order valence-corrected chi connectivity index (χ3v) is 4.84. The number of amides is 1. The maximum Gasteiger partial charge on any atom is 0.239 e. The number of benzene rings is 1. The average Bonchev–Trinajstić information content (AvgIpc) is 2.38. The third kappa shape index (κ3) is 5.71. The van der Waals surface area contributed by atoms with E-state index in [1.807, 2.05) is 13.8 Å². The SMILES string of the molecule is CCC(C)CS(=O)(=O)CC(=O)Nc1ccc(CN)cc1. The number of hydrogen-bond acceptors (Lipinski definition) is 4. The molecule has 1 unspecified atom stereocenters. The third-order valence-electron chi connectivity index (χ3n) is 3.06. The lowest BCUT2D eigenvalue weighted by Gasteiger charge is -2.10. The van der Waals surface area contributed by atoms with Crippen LogP contribution < -0.4 is 11.1 Å². The summed E-state index contributed by atoms with van der Waals surface area (Å²) in [5, 5.41) is 2.58. The lowest BCUT2D eigenvalue weighted by Crippen LogP contribution is -2.26. The molecule has 0 fully saturated rings. The topological polar surface area (TPSA) is 89.3 Å². The fourth-order valence-corrected chi connectivity index (χ4v) is 3.42. The fraction of sp³-hybridized carbons (Fsp3) is 0.500. The van der Waals surface area contributed by atoms with Crippen molar-refractivity contribution in [2.24, 2.45) is 11.7 Å². The first-order chi connectivity index (χ1) is 9.36. The van der Waals surface area contributed by atoms with Crippen LogP contribution in [0.1, 0.15) is 25.8 Å². The van der Waals surface area contributed by atoms with Gasteiger partial charge in [0, 0.05) is 12.2 Å². The molecular formula is C14H22N2O3S. The highest BCUT2D eigenvalue weighted by Crippen LogP contribution is 2.10. The minimum Gasteiger partial charge on any atom is -0.326 e. The van der Waals surface area contributed by atoms with Crippen LogP contribution in [0, 0.1) is 5.92 Å². The van der Waals surface area contributed by atoms with Gasteiger partial charge in [-0.1, -0.05) is 32.4 Å². The molecule has 5 nitrogen and oxygen atoms in total. The molecule has 0 aliphatic carbocycles. The minimum atomic E-state index is -3.36. The van der Waals surface area contributed by atoms with Crippen LogP contribution in [-0.4, -0.2) is 25.8 Å². The quantitative estimate of drug-likeness (QED) is 0.799. The predicted molar refractivity (Wildman–Crippen MR) is 81.1 cm³/mol. The zero-order valence-electron chi connectivity index (χ0n) is 11.9. The predicted octanol–water partition coefficient (Wildman–Crippen LogP) is 1.54. The van der Waals surface area contributed by atoms with Crippen LogP contribution in [-0.2, 0) is 21.2 Å². The Kier molecular flexibility index (Phi) is 6.16. The Morgan fingerprint density at radius 1 is 1.30 bits per heavy atom. The van der Waals surface area contributed by atoms with Gasteiger partial charge in [0.2, 0.25) is 5.91 Å². The van der Waals surface area contributed by atoms with E-state index >= 15 is 0 Å². The van der Waals surface area contributed by atoms with Gasteiger partial charge in [0.05, 0.1) is 5.75 Å². The summed E-state index contributed by atoms with van der Waals surface area (Å²) in [7, 11) is -3.36. The molecule has 1 aromatic carbocycles. The van der Waals surface area contributed by atoms with E-state index < -0.39 is 21.5 Å². The molecule has 6 heteroatoms. The van der Waals surface area contributed by atoms with Crippen molar-refractivity contribution in [2.75, 3.05) is 16.8 Å². The Morgan fingerprint density at radius 3 is 2.40 bits per heavy atom. The number of carbonyl (C=O) groups excluding carboxylic acids is 1. The molecule has 0 saturated carbocycles. The van der Waals surface area contributed by atoms with Crippen LogP contribution in [0.15, 0.2) is 24.3 Å². The molecule has 0 radical (unpaired) electrons. The lowest BCUT2D eigenvalue weighted by atomic mass is 10.2. The van der Waals surface area contributed by atoms with Crippen LogP contribution in [0.25, 0.3) is 0 Å². The number of anilines is 1. The van der Waals surface area contributed by atoms with Crippen LogP contribution in [0.5, 0.6) is 0 Å². The van der Waals surface area contributed by atoms with Crippen LogP contribution in [0.2, 0.25) is 0 Å². The summed E-state index contributed by atoms with van der Waals surface area (Å²) in [6.45, 7) is 4.22. The summed E-state index contributed by atoms with van der Waals surface area (Å²) in [5.74, 6) is -0.871. The normalized spacial score (nSPS) is 12.9. The monoisotopic (exact) mass is 298 g/mol. The van der Waals surface area contributed by atoms with Gasteiger partial charge in [-0.25, -0.2) is 8.42 Å². The Balaban J connectivity index is 2.58. The number of carbonyl (C=O) groups is 1. The first-order valence-electron chi connectivity index (χ1n) is 6.65. The van der Waals surface area contributed by atoms with Gasteiger partial charge in [-0.15, -0.1) is 0 Å². The van der Waals surface area contributed by atoms with E-state index in [0.717, 1.165) is 12.0 Å². The average molecular weight is 298 g/mol. The Hall–Kier alpha value is -1.40. The molecule has 112 valence electrons. The second kappa shape index (κ2) is 7.40. The highest BCUT2D eigenvalue weighted by molar-refractivity contribution is 7.92. The van der Waals surface area contributed by atoms with Crippen LogP contribution in [0.3, 0.4) is 0 Å². The molecule has 1 aromatic rings. The van der Waals surface area contributed by atoms with Gasteiger partial charge in [0.15, 0.2) is 9.84 Å². The second-order valence-electron chi connectivity index (χ2n) is 5.02. The molecule has 0 saturated heterocycles. The second-order valence-corrected chi connectivity index (χ2v) is 7.13. The zero-order valence-corrected chi connectivity index (χ0v) is 12.7. The van der Waals surface area contributed by atoms with Crippen molar-refractivity contribution in [1.29, 1.82) is 0 Å². The van der Waals surface area contributed by atoms with Gasteiger partial charge < -0.3 is 11.1 Å². The van der Waals surface area contributed by atoms with Gasteiger partial charge in [-0.2, -0.15) is 0 Å². The lowest BCUT2D eigenvalue weighted by molar-refractivity contribution is -0.113. The van der Waals surface area contributed by atoms with Crippen LogP contribution in [0.4, 0.5) is 5.69 Å². The van der Waals surface area contributed by atoms with E-state index in [2.05, 4.69) is 5.32 Å². The van der Waals surface area contributed by atoms with E-state index in [-0.39, 0.29) is 11.7 Å². The number of nitrogens with one attached hydrogen (secondary N) is 1. The smallest absolute Gasteiger partial charge is 0.239 e. The number of sulfone groups is 1. The summed E-state index contributed by atoms with van der Waals surface area (Å²) in [6.07, 6.45) is 0.779. The van der Waals surface area contributed by atoms with Gasteiger partial charge in [0.25, 0.3) is 0 Å². The minimum absolute atomic E-state index is 0.0447. The van der Waals surface area contributed by atoms with Crippen molar-refractivity contribution in [2.45, 2.75) is 26.8 Å². The molecule has 1 atom stereocenters. The standard InChI is InChI=1S/C14H22N2O3S/c1-3-11(2)9-20(18,19)10-14(17)16-13-6-4-12(8-15)5-7-13/h4-7,11H,3,8-10,15H2,1-2H3,(H,16,17). The first-order valence-corrected chi connectivity index (χ1v) is 8.47. The van der Waals surface area contributed by atoms with Gasteiger partial charge in [-0.05, 0) is 23.6 Å². The molecule has 1 amide bonds. The molecule has 20 heavy (non-hydrogen) atoms. The number of hydrogen-bond donors (Lipinski definition) is 2. The maximum atomic E-state index is 11.8. The Morgan fingerprint density at radius 2 is 1.90 bits per heavy atom. The highest BCUT2D eigenvalue weighted by Gasteiger charge is 2.19. The van der Waals surface area contributed by atoms with E-state index in [0.29, 0.717) is 12.2 Å². The van der Waals surface area contributed by atoms with E-state index in [1.165, 1.54) is 0 Å². The fourth-order valence-electron chi connectivity index (χ4n) is 1.73. The zero-order chi connectivity index (χ0) is 15.2. The molecule has 0 aromatic heterocycles. The molecule has 0 heterocycles. The largest absolute Gasteiger partial charge is 0.326 e. The van der Waals surface area contributed by atoms with Crippen molar-refractivity contribution in [1.82, 2.24) is 0 Å². The van der Waals surface area contributed by atoms with E-state index in [9.17, 15) is 13.2 Å². The summed E-state index contributed by atoms with van der Waals surface area (Å²) >= 11 is 0. The summed E-state index contributed by atoms with van der Waals surface area (Å²) < 4.78 is 23.6. The van der Waals surface area contributed by atoms with Crippen molar-refractivity contribution < 1.29 is 13.2 Å². The summed E-state index contributed by atoms with van der Waals surface area (Å²) in [5.41, 5.74) is 7.00. The summed E-state index contributed by atoms with van der Waals surface area (Å²) in [6, 6.07) is 7.01. The summed E-state index contributed by atoms with van der Waals surface area (Å²) in [4.78, 5) is 11.7. The Labute approximate surface area is 120 Å². The van der Waals surface area contributed by atoms with Gasteiger partial charge in [0.1, 0.15) is 5.75 Å². The van der Waals surface area contributed by atoms with Crippen molar-refractivity contribution in [3.63, 3.8) is 0 Å².